The number of aromatic nitrogens is 2. The van der Waals surface area contributed by atoms with Crippen LogP contribution in [0.25, 0.3) is 0 Å². The number of amides is 3. The highest BCUT2D eigenvalue weighted by Crippen LogP contribution is 2.37. The average Bonchev–Trinajstić information content (AvgIpc) is 3.22. The first kappa shape index (κ1) is 18.8. The number of fused-ring (bicyclic) bond motifs is 2. The topological polar surface area (TPSA) is 115 Å². The fraction of sp³-hybridized carbons (Fsp3) is 0.765. The minimum atomic E-state index is -0.522. The molecule has 2 bridgehead atoms. The van der Waals surface area contributed by atoms with E-state index in [-0.39, 0.29) is 18.2 Å². The van der Waals surface area contributed by atoms with Crippen LogP contribution >= 0.6 is 0 Å². The minimum absolute atomic E-state index is 0.160. The van der Waals surface area contributed by atoms with Crippen LogP contribution in [0.5, 0.6) is 0 Å². The van der Waals surface area contributed by atoms with E-state index in [1.54, 1.807) is 9.80 Å². The first-order chi connectivity index (χ1) is 13.2. The maximum atomic E-state index is 12.2. The number of rotatable bonds is 2. The fourth-order valence-electron chi connectivity index (χ4n) is 3.80. The van der Waals surface area contributed by atoms with Crippen molar-refractivity contribution in [1.82, 2.24) is 25.1 Å². The van der Waals surface area contributed by atoms with Gasteiger partial charge in [-0.05, 0) is 33.6 Å². The summed E-state index contributed by atoms with van der Waals surface area (Å²) in [5, 5.41) is 18.9. The van der Waals surface area contributed by atoms with Gasteiger partial charge in [0.2, 0.25) is 5.89 Å². The first-order valence-corrected chi connectivity index (χ1v) is 9.58. The zero-order valence-corrected chi connectivity index (χ0v) is 16.4. The van der Waals surface area contributed by atoms with Crippen molar-refractivity contribution >= 4 is 18.1 Å². The molecule has 4 heterocycles. The first-order valence-electron chi connectivity index (χ1n) is 9.58. The Hall–Kier alpha value is -2.56. The number of hydrogen-bond donors (Lipinski definition) is 1. The van der Waals surface area contributed by atoms with Crippen LogP contribution < -0.4 is 4.90 Å². The Morgan fingerprint density at radius 1 is 1.18 bits per heavy atom. The van der Waals surface area contributed by atoms with Crippen LogP contribution in [-0.4, -0.2) is 86.8 Å². The molecule has 3 fully saturated rings. The second-order valence-corrected chi connectivity index (χ2v) is 8.40. The monoisotopic (exact) mass is 394 g/mol. The molecule has 3 aliphatic heterocycles. The third kappa shape index (κ3) is 3.46. The van der Waals surface area contributed by atoms with Crippen LogP contribution in [0, 0.1) is 0 Å². The summed E-state index contributed by atoms with van der Waals surface area (Å²) >= 11 is 0. The van der Waals surface area contributed by atoms with Crippen LogP contribution in [-0.2, 0) is 4.74 Å². The van der Waals surface area contributed by atoms with Gasteiger partial charge in [0.1, 0.15) is 11.6 Å². The number of carbonyl (C=O) groups is 2. The molecule has 154 valence electrons. The number of hydrogen-bond acceptors (Lipinski definition) is 8. The molecular formula is C17H26N6O5. The van der Waals surface area contributed by atoms with E-state index in [1.165, 1.54) is 0 Å². The number of piperazine rings is 1. The molecule has 0 aromatic carbocycles. The Bertz CT molecular complexity index is 753. The maximum Gasteiger partial charge on any atom is 0.410 e. The summed E-state index contributed by atoms with van der Waals surface area (Å²) in [4.78, 5) is 29.5. The Kier molecular flexibility index (Phi) is 4.56. The van der Waals surface area contributed by atoms with Crippen molar-refractivity contribution in [3.8, 4) is 0 Å². The Morgan fingerprint density at radius 2 is 1.89 bits per heavy atom. The lowest BCUT2D eigenvalue weighted by molar-refractivity contribution is -0.0584. The van der Waals surface area contributed by atoms with E-state index in [9.17, 15) is 14.8 Å². The smallest absolute Gasteiger partial charge is 0.410 e. The summed E-state index contributed by atoms with van der Waals surface area (Å²) in [6, 6.07) is -0.510. The van der Waals surface area contributed by atoms with E-state index in [4.69, 9.17) is 9.15 Å². The fourth-order valence-corrected chi connectivity index (χ4v) is 3.80. The number of anilines is 1. The lowest BCUT2D eigenvalue weighted by Crippen LogP contribution is -2.50. The average molecular weight is 394 g/mol. The highest BCUT2D eigenvalue weighted by molar-refractivity contribution is 5.76. The number of hydroxylamine groups is 2. The molecule has 4 rings (SSSR count). The van der Waals surface area contributed by atoms with Crippen molar-refractivity contribution in [2.75, 3.05) is 37.6 Å². The van der Waals surface area contributed by atoms with E-state index < -0.39 is 11.6 Å². The minimum Gasteiger partial charge on any atom is -0.444 e. The highest BCUT2D eigenvalue weighted by atomic mass is 16.6. The SMILES string of the molecule is CC(C)(C)OC(=O)N1CCN(c2nnc([C@@H]3CC[C@@H]4CN3C(=O)N4O)o2)CC1. The lowest BCUT2D eigenvalue weighted by Gasteiger charge is -2.34. The number of ether oxygens (including phenoxy) is 1. The molecule has 0 saturated carbocycles. The van der Waals surface area contributed by atoms with Crippen LogP contribution in [0.2, 0.25) is 0 Å². The number of nitrogens with zero attached hydrogens (tertiary/aromatic N) is 6. The zero-order valence-electron chi connectivity index (χ0n) is 16.4. The molecule has 3 amide bonds. The summed E-state index contributed by atoms with van der Waals surface area (Å²) in [5.74, 6) is 0.381. The Labute approximate surface area is 162 Å². The van der Waals surface area contributed by atoms with Crippen LogP contribution in [0.4, 0.5) is 15.6 Å². The summed E-state index contributed by atoms with van der Waals surface area (Å²) < 4.78 is 11.3. The summed E-state index contributed by atoms with van der Waals surface area (Å²) in [7, 11) is 0. The third-order valence-corrected chi connectivity index (χ3v) is 5.26. The predicted molar refractivity (Wildman–Crippen MR) is 95.8 cm³/mol. The van der Waals surface area contributed by atoms with Gasteiger partial charge >= 0.3 is 18.1 Å². The molecule has 1 aromatic rings. The molecule has 0 aliphatic carbocycles. The molecule has 11 heteroatoms. The molecule has 3 aliphatic rings. The van der Waals surface area contributed by atoms with Crippen LogP contribution in [0.15, 0.2) is 4.42 Å². The highest BCUT2D eigenvalue weighted by Gasteiger charge is 2.46. The van der Waals surface area contributed by atoms with Crippen molar-refractivity contribution in [1.29, 1.82) is 0 Å². The maximum absolute atomic E-state index is 12.2. The van der Waals surface area contributed by atoms with E-state index in [0.717, 1.165) is 5.06 Å². The summed E-state index contributed by atoms with van der Waals surface area (Å²) in [6.07, 6.45) is 1.04. The molecule has 1 aromatic heterocycles. The van der Waals surface area contributed by atoms with E-state index in [1.807, 2.05) is 25.7 Å². The van der Waals surface area contributed by atoms with Gasteiger partial charge in [0, 0.05) is 32.7 Å². The van der Waals surface area contributed by atoms with E-state index in [2.05, 4.69) is 10.2 Å². The van der Waals surface area contributed by atoms with E-state index in [0.29, 0.717) is 57.5 Å². The standard InChI is InChI=1S/C17H26N6O5/c1-17(2,3)28-16(25)21-8-6-20(7-9-21)14-19-18-13(27-14)12-5-4-11-10-22(12)15(24)23(11)26/h11-12,26H,4-10H2,1-3H3/t11-,12+/m1/s1. The van der Waals surface area contributed by atoms with Gasteiger partial charge in [-0.1, -0.05) is 5.10 Å². The second-order valence-electron chi connectivity index (χ2n) is 8.40. The molecule has 3 saturated heterocycles. The van der Waals surface area contributed by atoms with Gasteiger partial charge in [-0.2, -0.15) is 0 Å². The summed E-state index contributed by atoms with van der Waals surface area (Å²) in [6.45, 7) is 8.11. The van der Waals surface area contributed by atoms with Gasteiger partial charge in [0.15, 0.2) is 0 Å². The van der Waals surface area contributed by atoms with Crippen molar-refractivity contribution < 1.29 is 24.0 Å². The van der Waals surface area contributed by atoms with Crippen molar-refractivity contribution in [2.24, 2.45) is 0 Å². The van der Waals surface area contributed by atoms with Gasteiger partial charge in [0.25, 0.3) is 0 Å². The Morgan fingerprint density at radius 3 is 2.57 bits per heavy atom. The van der Waals surface area contributed by atoms with Gasteiger partial charge < -0.3 is 23.9 Å². The van der Waals surface area contributed by atoms with Crippen LogP contribution in [0.1, 0.15) is 45.5 Å². The van der Waals surface area contributed by atoms with Crippen LogP contribution in [0.3, 0.4) is 0 Å². The number of carbonyl (C=O) groups excluding carboxylic acids is 2. The van der Waals surface area contributed by atoms with Crippen molar-refractivity contribution in [3.05, 3.63) is 5.89 Å². The van der Waals surface area contributed by atoms with Crippen molar-refractivity contribution in [2.45, 2.75) is 51.3 Å². The molecule has 1 N–H and O–H groups in total. The Balaban J connectivity index is 1.37. The van der Waals surface area contributed by atoms with Gasteiger partial charge in [-0.3, -0.25) is 5.21 Å². The van der Waals surface area contributed by atoms with Gasteiger partial charge in [-0.15, -0.1) is 5.10 Å². The largest absolute Gasteiger partial charge is 0.444 e. The molecule has 0 spiro atoms. The molecule has 0 unspecified atom stereocenters. The second kappa shape index (κ2) is 6.80. The molecule has 0 radical (unpaired) electrons. The number of urea groups is 1. The van der Waals surface area contributed by atoms with Gasteiger partial charge in [0.05, 0.1) is 6.04 Å². The molecular weight excluding hydrogens is 368 g/mol. The zero-order chi connectivity index (χ0) is 20.1. The van der Waals surface area contributed by atoms with Gasteiger partial charge in [-0.25, -0.2) is 14.7 Å². The number of piperidine rings is 1. The van der Waals surface area contributed by atoms with E-state index >= 15 is 0 Å². The molecule has 2 atom stereocenters. The normalized spacial score (nSPS) is 25.5. The predicted octanol–water partition coefficient (Wildman–Crippen LogP) is 1.46. The third-order valence-electron chi connectivity index (χ3n) is 5.26. The van der Waals surface area contributed by atoms with Crippen molar-refractivity contribution in [3.63, 3.8) is 0 Å². The molecule has 28 heavy (non-hydrogen) atoms. The quantitative estimate of drug-likeness (QED) is 0.750. The molecule has 11 nitrogen and oxygen atoms in total. The lowest BCUT2D eigenvalue weighted by atomic mass is 10.0. The summed E-state index contributed by atoms with van der Waals surface area (Å²) in [5.41, 5.74) is -0.522.